The van der Waals surface area contributed by atoms with Crippen LogP contribution in [0.3, 0.4) is 0 Å². The highest BCUT2D eigenvalue weighted by molar-refractivity contribution is 5.75. The van der Waals surface area contributed by atoms with Gasteiger partial charge in [-0.1, -0.05) is 0 Å². The van der Waals surface area contributed by atoms with E-state index in [-0.39, 0.29) is 26.1 Å². The van der Waals surface area contributed by atoms with Crippen molar-refractivity contribution in [2.24, 2.45) is 0 Å². The highest BCUT2D eigenvalue weighted by Gasteiger charge is 2.25. The standard InChI is InChI=1S/C11H21NO6/c13-7-1-5-12(6-2-8-14)9(11(17)18)3-4-10(15)16/h9,13-14H,1-8H2,(H,15,16)(H,17,18). The van der Waals surface area contributed by atoms with Crippen LogP contribution in [-0.4, -0.2) is 69.6 Å². The van der Waals surface area contributed by atoms with Crippen LogP contribution in [0, 0.1) is 0 Å². The lowest BCUT2D eigenvalue weighted by molar-refractivity contribution is -0.144. The molecule has 0 spiro atoms. The first-order valence-electron chi connectivity index (χ1n) is 5.93. The van der Waals surface area contributed by atoms with E-state index in [1.54, 1.807) is 4.90 Å². The molecule has 4 N–H and O–H groups in total. The van der Waals surface area contributed by atoms with Crippen LogP contribution in [0.25, 0.3) is 0 Å². The molecule has 0 aliphatic heterocycles. The minimum Gasteiger partial charge on any atom is -0.481 e. The summed E-state index contributed by atoms with van der Waals surface area (Å²) in [6, 6.07) is -0.890. The molecule has 0 saturated heterocycles. The summed E-state index contributed by atoms with van der Waals surface area (Å²) in [5.41, 5.74) is 0. The van der Waals surface area contributed by atoms with Crippen molar-refractivity contribution in [1.82, 2.24) is 4.90 Å². The van der Waals surface area contributed by atoms with Crippen LogP contribution in [0.4, 0.5) is 0 Å². The maximum absolute atomic E-state index is 11.1. The molecular weight excluding hydrogens is 242 g/mol. The van der Waals surface area contributed by atoms with Gasteiger partial charge in [0.2, 0.25) is 0 Å². The zero-order chi connectivity index (χ0) is 14.0. The van der Waals surface area contributed by atoms with Gasteiger partial charge < -0.3 is 20.4 Å². The molecule has 0 aliphatic carbocycles. The van der Waals surface area contributed by atoms with E-state index in [0.29, 0.717) is 25.9 Å². The molecule has 0 saturated carbocycles. The lowest BCUT2D eigenvalue weighted by atomic mass is 10.1. The highest BCUT2D eigenvalue weighted by atomic mass is 16.4. The van der Waals surface area contributed by atoms with E-state index in [1.165, 1.54) is 0 Å². The summed E-state index contributed by atoms with van der Waals surface area (Å²) in [6.45, 7) is 0.627. The molecule has 0 bridgehead atoms. The van der Waals surface area contributed by atoms with Gasteiger partial charge in [-0.2, -0.15) is 0 Å². The molecule has 0 aromatic heterocycles. The number of hydrogen-bond donors (Lipinski definition) is 4. The van der Waals surface area contributed by atoms with Gasteiger partial charge >= 0.3 is 11.9 Å². The zero-order valence-electron chi connectivity index (χ0n) is 10.3. The zero-order valence-corrected chi connectivity index (χ0v) is 10.3. The van der Waals surface area contributed by atoms with Crippen molar-refractivity contribution >= 4 is 11.9 Å². The van der Waals surface area contributed by atoms with Gasteiger partial charge in [-0.05, 0) is 19.3 Å². The van der Waals surface area contributed by atoms with Crippen LogP contribution in [0.2, 0.25) is 0 Å². The van der Waals surface area contributed by atoms with E-state index in [2.05, 4.69) is 0 Å². The van der Waals surface area contributed by atoms with Crippen molar-refractivity contribution in [2.75, 3.05) is 26.3 Å². The van der Waals surface area contributed by atoms with E-state index in [0.717, 1.165) is 0 Å². The van der Waals surface area contributed by atoms with Gasteiger partial charge in [0, 0.05) is 32.7 Å². The normalized spacial score (nSPS) is 12.6. The summed E-state index contributed by atoms with van der Waals surface area (Å²) in [5.74, 6) is -2.11. The average Bonchev–Trinajstić information content (AvgIpc) is 2.30. The van der Waals surface area contributed by atoms with Gasteiger partial charge in [0.05, 0.1) is 0 Å². The number of aliphatic hydroxyl groups excluding tert-OH is 2. The van der Waals surface area contributed by atoms with Crippen LogP contribution in [-0.2, 0) is 9.59 Å². The molecule has 1 unspecified atom stereocenters. The second-order valence-electron chi connectivity index (χ2n) is 3.98. The van der Waals surface area contributed by atoms with Gasteiger partial charge in [0.15, 0.2) is 0 Å². The lowest BCUT2D eigenvalue weighted by Gasteiger charge is -2.28. The summed E-state index contributed by atoms with van der Waals surface area (Å²) < 4.78 is 0. The molecule has 0 radical (unpaired) electrons. The maximum atomic E-state index is 11.1. The number of rotatable bonds is 11. The molecule has 0 heterocycles. The topological polar surface area (TPSA) is 118 Å². The Hall–Kier alpha value is -1.18. The van der Waals surface area contributed by atoms with E-state index >= 15 is 0 Å². The molecule has 0 fully saturated rings. The number of hydrogen-bond acceptors (Lipinski definition) is 5. The van der Waals surface area contributed by atoms with Gasteiger partial charge in [0.25, 0.3) is 0 Å². The molecule has 0 rings (SSSR count). The van der Waals surface area contributed by atoms with Crippen LogP contribution in [0.5, 0.6) is 0 Å². The average molecular weight is 263 g/mol. The van der Waals surface area contributed by atoms with Crippen molar-refractivity contribution < 1.29 is 30.0 Å². The van der Waals surface area contributed by atoms with Gasteiger partial charge in [-0.3, -0.25) is 14.5 Å². The molecule has 7 nitrogen and oxygen atoms in total. The number of carboxylic acid groups (broad SMARTS) is 2. The molecule has 7 heteroatoms. The monoisotopic (exact) mass is 263 g/mol. The third-order valence-corrected chi connectivity index (χ3v) is 2.56. The highest BCUT2D eigenvalue weighted by Crippen LogP contribution is 2.09. The predicted octanol–water partition coefficient (Wildman–Crippen LogP) is -0.629. The smallest absolute Gasteiger partial charge is 0.320 e. The van der Waals surface area contributed by atoms with E-state index in [4.69, 9.17) is 20.4 Å². The Bertz CT molecular complexity index is 250. The SMILES string of the molecule is O=C(O)CCC(C(=O)O)N(CCCO)CCCO. The number of carboxylic acids is 2. The molecule has 1 atom stereocenters. The molecule has 0 amide bonds. The summed E-state index contributed by atoms with van der Waals surface area (Å²) in [6.07, 6.45) is 0.637. The molecule has 18 heavy (non-hydrogen) atoms. The Morgan fingerprint density at radius 1 is 1.00 bits per heavy atom. The Kier molecular flexibility index (Phi) is 9.17. The van der Waals surface area contributed by atoms with Gasteiger partial charge in [-0.15, -0.1) is 0 Å². The minimum absolute atomic E-state index is 0.0154. The number of nitrogens with zero attached hydrogens (tertiary/aromatic N) is 1. The minimum atomic E-state index is -1.08. The Morgan fingerprint density at radius 2 is 1.50 bits per heavy atom. The van der Waals surface area contributed by atoms with Gasteiger partial charge in [0.1, 0.15) is 6.04 Å². The van der Waals surface area contributed by atoms with Crippen molar-refractivity contribution in [3.63, 3.8) is 0 Å². The second-order valence-corrected chi connectivity index (χ2v) is 3.98. The Labute approximate surface area is 106 Å². The molecule has 0 aromatic rings. The molecule has 0 aromatic carbocycles. The third-order valence-electron chi connectivity index (χ3n) is 2.56. The number of carbonyl (C=O) groups is 2. The number of aliphatic hydroxyl groups is 2. The van der Waals surface area contributed by atoms with Crippen molar-refractivity contribution in [3.05, 3.63) is 0 Å². The fraction of sp³-hybridized carbons (Fsp3) is 0.818. The quantitative estimate of drug-likeness (QED) is 0.392. The van der Waals surface area contributed by atoms with E-state index < -0.39 is 18.0 Å². The predicted molar refractivity (Wildman–Crippen MR) is 63.3 cm³/mol. The first kappa shape index (κ1) is 16.8. The van der Waals surface area contributed by atoms with Crippen molar-refractivity contribution in [3.8, 4) is 0 Å². The fourth-order valence-electron chi connectivity index (χ4n) is 1.69. The third kappa shape index (κ3) is 7.21. The van der Waals surface area contributed by atoms with Crippen LogP contribution < -0.4 is 0 Å². The first-order chi connectivity index (χ1) is 8.52. The van der Waals surface area contributed by atoms with Gasteiger partial charge in [-0.25, -0.2) is 0 Å². The summed E-state index contributed by atoms with van der Waals surface area (Å²) >= 11 is 0. The Balaban J connectivity index is 4.50. The second kappa shape index (κ2) is 9.81. The largest absolute Gasteiger partial charge is 0.481 e. The maximum Gasteiger partial charge on any atom is 0.320 e. The Morgan fingerprint density at radius 3 is 1.83 bits per heavy atom. The van der Waals surface area contributed by atoms with Crippen LogP contribution in [0.15, 0.2) is 0 Å². The molecular formula is C11H21NO6. The van der Waals surface area contributed by atoms with Crippen molar-refractivity contribution in [2.45, 2.75) is 31.7 Å². The van der Waals surface area contributed by atoms with E-state index in [9.17, 15) is 9.59 Å². The first-order valence-corrected chi connectivity index (χ1v) is 5.93. The fourth-order valence-corrected chi connectivity index (χ4v) is 1.69. The molecule has 0 aliphatic rings. The van der Waals surface area contributed by atoms with Crippen LogP contribution in [0.1, 0.15) is 25.7 Å². The lowest BCUT2D eigenvalue weighted by Crippen LogP contribution is -2.43. The number of aliphatic carboxylic acids is 2. The summed E-state index contributed by atoms with van der Waals surface area (Å²) in [5, 5.41) is 35.2. The van der Waals surface area contributed by atoms with Crippen LogP contribution >= 0.6 is 0 Å². The van der Waals surface area contributed by atoms with Crippen molar-refractivity contribution in [1.29, 1.82) is 0 Å². The van der Waals surface area contributed by atoms with E-state index in [1.807, 2.05) is 0 Å². The molecule has 106 valence electrons. The summed E-state index contributed by atoms with van der Waals surface area (Å²) in [4.78, 5) is 23.2. The summed E-state index contributed by atoms with van der Waals surface area (Å²) in [7, 11) is 0.